The number of para-hydroxylation sites is 2. The van der Waals surface area contributed by atoms with Crippen molar-refractivity contribution < 1.29 is 42.0 Å². The Morgan fingerprint density at radius 3 is 2.58 bits per heavy atom. The predicted molar refractivity (Wildman–Crippen MR) is 157 cm³/mol. The Bertz CT molecular complexity index is 1580. The van der Waals surface area contributed by atoms with E-state index in [9.17, 15) is 18.3 Å². The summed E-state index contributed by atoms with van der Waals surface area (Å²) in [5.74, 6) is 0.971. The molecule has 2 unspecified atom stereocenters. The molecular formula is C30H33N3O9S. The number of ether oxygens (including phenoxy) is 5. The van der Waals surface area contributed by atoms with Crippen LogP contribution in [0.5, 0.6) is 17.2 Å². The van der Waals surface area contributed by atoms with Gasteiger partial charge in [-0.3, -0.25) is 4.79 Å². The number of nitrogen functional groups attached to an aromatic ring is 1. The summed E-state index contributed by atoms with van der Waals surface area (Å²) in [7, 11) is -2.44. The number of aliphatic hydroxyl groups is 1. The molecule has 0 spiro atoms. The number of nitrogens with zero attached hydrogens (tertiary/aromatic N) is 1. The number of fused-ring (bicyclic) bond motifs is 1. The molecule has 2 atom stereocenters. The maximum Gasteiger partial charge on any atom is 0.290 e. The molecule has 43 heavy (non-hydrogen) atoms. The first kappa shape index (κ1) is 30.2. The number of benzene rings is 3. The van der Waals surface area contributed by atoms with Crippen molar-refractivity contribution in [1.29, 1.82) is 0 Å². The second kappa shape index (κ2) is 13.3. The average molecular weight is 612 g/mol. The zero-order valence-corrected chi connectivity index (χ0v) is 24.3. The van der Waals surface area contributed by atoms with Crippen molar-refractivity contribution in [3.05, 3.63) is 84.1 Å². The molecule has 0 saturated heterocycles. The standard InChI is InChI=1S/C30H33N3O9S/c1-38-22-7-9-23(10-8-22)43(36,37)33(12-14-34)13-15-39-29-18-21(20-6-11-26-27(16-20)41-19-40-26)17-28(42-29)30(35)32-25-5-3-2-4-24(25)31/h2-11,16-17,21,29,34H,12-15,18-19,31H2,1H3,(H,32,35). The van der Waals surface area contributed by atoms with Gasteiger partial charge in [-0.25, -0.2) is 8.42 Å². The Hall–Kier alpha value is -4.30. The number of amides is 1. The van der Waals surface area contributed by atoms with Gasteiger partial charge in [-0.1, -0.05) is 18.2 Å². The SMILES string of the molecule is COc1ccc(S(=O)(=O)N(CCO)CCOC2CC(c3ccc4c(c3)OCO4)C=C(C(=O)Nc3ccccc3N)O2)cc1. The molecule has 2 aliphatic heterocycles. The monoisotopic (exact) mass is 611 g/mol. The first-order valence-corrected chi connectivity index (χ1v) is 15.0. The lowest BCUT2D eigenvalue weighted by atomic mass is 9.92. The van der Waals surface area contributed by atoms with Crippen LogP contribution in [0.3, 0.4) is 0 Å². The molecule has 12 nitrogen and oxygen atoms in total. The van der Waals surface area contributed by atoms with Crippen molar-refractivity contribution in [1.82, 2.24) is 4.31 Å². The number of allylic oxidation sites excluding steroid dienone is 1. The smallest absolute Gasteiger partial charge is 0.290 e. The van der Waals surface area contributed by atoms with Crippen LogP contribution < -0.4 is 25.3 Å². The van der Waals surface area contributed by atoms with Gasteiger partial charge < -0.3 is 39.8 Å². The van der Waals surface area contributed by atoms with Crippen molar-refractivity contribution in [2.24, 2.45) is 0 Å². The molecule has 5 rings (SSSR count). The summed E-state index contributed by atoms with van der Waals surface area (Å²) in [5, 5.41) is 12.3. The number of hydrogen-bond donors (Lipinski definition) is 3. The van der Waals surface area contributed by atoms with E-state index in [0.29, 0.717) is 35.0 Å². The van der Waals surface area contributed by atoms with Crippen molar-refractivity contribution in [3.8, 4) is 17.2 Å². The number of aliphatic hydroxyl groups excluding tert-OH is 1. The molecule has 0 aromatic heterocycles. The Morgan fingerprint density at radius 1 is 1.07 bits per heavy atom. The van der Waals surface area contributed by atoms with Gasteiger partial charge in [0.2, 0.25) is 23.1 Å². The number of rotatable bonds is 12. The average Bonchev–Trinajstić information content (AvgIpc) is 3.50. The predicted octanol–water partition coefficient (Wildman–Crippen LogP) is 3.06. The van der Waals surface area contributed by atoms with E-state index < -0.39 is 22.2 Å². The highest BCUT2D eigenvalue weighted by Gasteiger charge is 2.31. The van der Waals surface area contributed by atoms with Crippen LogP contribution in [0.25, 0.3) is 0 Å². The van der Waals surface area contributed by atoms with Gasteiger partial charge in [-0.15, -0.1) is 0 Å². The fourth-order valence-corrected chi connectivity index (χ4v) is 6.15. The zero-order chi connectivity index (χ0) is 30.4. The van der Waals surface area contributed by atoms with Crippen LogP contribution in [0.15, 0.2) is 83.5 Å². The van der Waals surface area contributed by atoms with Crippen LogP contribution in [-0.4, -0.2) is 70.2 Å². The highest BCUT2D eigenvalue weighted by Crippen LogP contribution is 2.38. The van der Waals surface area contributed by atoms with Crippen LogP contribution in [0.2, 0.25) is 0 Å². The second-order valence-corrected chi connectivity index (χ2v) is 11.7. The van der Waals surface area contributed by atoms with Gasteiger partial charge in [0.15, 0.2) is 17.3 Å². The van der Waals surface area contributed by atoms with Crippen molar-refractivity contribution >= 4 is 27.3 Å². The Labute approximate surface area is 249 Å². The second-order valence-electron chi connectivity index (χ2n) is 9.75. The molecular weight excluding hydrogens is 578 g/mol. The van der Waals surface area contributed by atoms with E-state index in [4.69, 9.17) is 29.4 Å². The van der Waals surface area contributed by atoms with Crippen LogP contribution in [0, 0.1) is 0 Å². The van der Waals surface area contributed by atoms with Gasteiger partial charge >= 0.3 is 0 Å². The topological polar surface area (TPSA) is 159 Å². The summed E-state index contributed by atoms with van der Waals surface area (Å²) in [6.07, 6.45) is 1.17. The molecule has 4 N–H and O–H groups in total. The molecule has 2 aliphatic rings. The summed E-state index contributed by atoms with van der Waals surface area (Å²) in [6.45, 7) is -0.500. The van der Waals surface area contributed by atoms with Crippen molar-refractivity contribution in [3.63, 3.8) is 0 Å². The molecule has 228 valence electrons. The number of methoxy groups -OCH3 is 1. The fourth-order valence-electron chi connectivity index (χ4n) is 4.74. The minimum absolute atomic E-state index is 0.0280. The van der Waals surface area contributed by atoms with Crippen LogP contribution in [-0.2, 0) is 24.3 Å². The van der Waals surface area contributed by atoms with E-state index in [-0.39, 0.29) is 49.7 Å². The maximum absolute atomic E-state index is 13.3. The Kier molecular flexibility index (Phi) is 9.36. The number of carbonyl (C=O) groups excluding carboxylic acids is 1. The summed E-state index contributed by atoms with van der Waals surface area (Å²) in [5.41, 5.74) is 7.69. The minimum atomic E-state index is -3.93. The third-order valence-electron chi connectivity index (χ3n) is 7.01. The molecule has 2 heterocycles. The highest BCUT2D eigenvalue weighted by molar-refractivity contribution is 7.89. The number of nitrogens with two attached hydrogens (primary N) is 1. The number of carbonyl (C=O) groups is 1. The molecule has 0 bridgehead atoms. The van der Waals surface area contributed by atoms with Crippen LogP contribution >= 0.6 is 0 Å². The molecule has 0 fully saturated rings. The first-order valence-electron chi connectivity index (χ1n) is 13.6. The van der Waals surface area contributed by atoms with Gasteiger partial charge in [0.05, 0.1) is 36.6 Å². The molecule has 3 aromatic carbocycles. The van der Waals surface area contributed by atoms with E-state index >= 15 is 0 Å². The van der Waals surface area contributed by atoms with Gasteiger partial charge in [-0.2, -0.15) is 4.31 Å². The first-order chi connectivity index (χ1) is 20.8. The molecule has 13 heteroatoms. The van der Waals surface area contributed by atoms with E-state index in [1.165, 1.54) is 19.2 Å². The van der Waals surface area contributed by atoms with Crippen molar-refractivity contribution in [2.45, 2.75) is 23.5 Å². The van der Waals surface area contributed by atoms with Crippen molar-refractivity contribution in [2.75, 3.05) is 51.3 Å². The lowest BCUT2D eigenvalue weighted by Crippen LogP contribution is -2.37. The van der Waals surface area contributed by atoms with E-state index in [2.05, 4.69) is 5.32 Å². The molecule has 3 aromatic rings. The van der Waals surface area contributed by atoms with E-state index in [0.717, 1.165) is 9.87 Å². The Balaban J connectivity index is 1.31. The normalized spacial score (nSPS) is 17.7. The summed E-state index contributed by atoms with van der Waals surface area (Å²) < 4.78 is 55.7. The van der Waals surface area contributed by atoms with E-state index in [1.54, 1.807) is 48.5 Å². The number of anilines is 2. The minimum Gasteiger partial charge on any atom is -0.497 e. The fraction of sp³-hybridized carbons (Fsp3) is 0.300. The number of hydrogen-bond acceptors (Lipinski definition) is 10. The molecule has 0 saturated carbocycles. The van der Waals surface area contributed by atoms with Crippen LogP contribution in [0.1, 0.15) is 17.9 Å². The van der Waals surface area contributed by atoms with Crippen LogP contribution in [0.4, 0.5) is 11.4 Å². The third-order valence-corrected chi connectivity index (χ3v) is 8.92. The lowest BCUT2D eigenvalue weighted by Gasteiger charge is -2.30. The summed E-state index contributed by atoms with van der Waals surface area (Å²) in [4.78, 5) is 13.3. The molecule has 1 amide bonds. The summed E-state index contributed by atoms with van der Waals surface area (Å²) in [6, 6.07) is 18.4. The maximum atomic E-state index is 13.3. The van der Waals surface area contributed by atoms with Gasteiger partial charge in [0, 0.05) is 25.4 Å². The van der Waals surface area contributed by atoms with Gasteiger partial charge in [0.1, 0.15) is 5.75 Å². The largest absolute Gasteiger partial charge is 0.497 e. The van der Waals surface area contributed by atoms with E-state index in [1.807, 2.05) is 12.1 Å². The molecule has 0 aliphatic carbocycles. The summed E-state index contributed by atoms with van der Waals surface area (Å²) >= 11 is 0. The highest BCUT2D eigenvalue weighted by atomic mass is 32.2. The number of nitrogens with one attached hydrogen (secondary N) is 1. The zero-order valence-electron chi connectivity index (χ0n) is 23.5. The number of sulfonamides is 1. The van der Waals surface area contributed by atoms with Gasteiger partial charge in [-0.05, 0) is 60.2 Å². The van der Waals surface area contributed by atoms with Gasteiger partial charge in [0.25, 0.3) is 5.91 Å². The molecule has 0 radical (unpaired) electrons. The Morgan fingerprint density at radius 2 is 1.84 bits per heavy atom. The third kappa shape index (κ3) is 7.03. The quantitative estimate of drug-likeness (QED) is 0.260. The lowest BCUT2D eigenvalue weighted by molar-refractivity contribution is -0.143.